The van der Waals surface area contributed by atoms with Gasteiger partial charge in [0.25, 0.3) is 0 Å². The highest BCUT2D eigenvalue weighted by molar-refractivity contribution is 14.0. The van der Waals surface area contributed by atoms with Gasteiger partial charge in [0.15, 0.2) is 5.96 Å². The number of aliphatic imine (C=N–C) groups is 1. The normalized spacial score (nSPS) is 23.6. The predicted molar refractivity (Wildman–Crippen MR) is 136 cm³/mol. The van der Waals surface area contributed by atoms with E-state index in [2.05, 4.69) is 52.6 Å². The third-order valence-electron chi connectivity index (χ3n) is 5.85. The fourth-order valence-electron chi connectivity index (χ4n) is 4.38. The van der Waals surface area contributed by atoms with Crippen molar-refractivity contribution in [2.24, 2.45) is 10.9 Å². The maximum absolute atomic E-state index is 6.27. The third-order valence-corrected chi connectivity index (χ3v) is 6.08. The van der Waals surface area contributed by atoms with Crippen molar-refractivity contribution < 1.29 is 4.74 Å². The van der Waals surface area contributed by atoms with Crippen LogP contribution in [0.25, 0.3) is 0 Å². The first kappa shape index (κ1) is 25.6. The molecule has 2 atom stereocenters. The Kier molecular flexibility index (Phi) is 11.7. The van der Waals surface area contributed by atoms with Crippen LogP contribution in [0.3, 0.4) is 0 Å². The van der Waals surface area contributed by atoms with E-state index in [4.69, 9.17) is 21.3 Å². The molecule has 2 saturated heterocycles. The first-order chi connectivity index (χ1) is 14.2. The second kappa shape index (κ2) is 13.7. The van der Waals surface area contributed by atoms with Gasteiger partial charge in [0.05, 0.1) is 13.2 Å². The largest absolute Gasteiger partial charge is 0.379 e. The fraction of sp³-hybridized carbons (Fsp3) is 0.682. The standard InChI is InChI=1S/C22H36ClN5O.HI/c1-3-24-22(25-9-11-28-12-14-29-15-13-28)26-17-19-7-5-10-27(2)21(19)18-6-4-8-20(23)16-18;/h4,6,8,16,19,21H,3,5,7,9-15,17H2,1-2H3,(H2,24,25,26);1H. The minimum Gasteiger partial charge on any atom is -0.379 e. The smallest absolute Gasteiger partial charge is 0.191 e. The van der Waals surface area contributed by atoms with Crippen LogP contribution in [0, 0.1) is 5.92 Å². The maximum Gasteiger partial charge on any atom is 0.191 e. The van der Waals surface area contributed by atoms with Gasteiger partial charge in [-0.05, 0) is 57.0 Å². The number of benzene rings is 1. The SMILES string of the molecule is CCNC(=NCC1CCCN(C)C1c1cccc(Cl)c1)NCCN1CCOCC1.I. The number of nitrogens with one attached hydrogen (secondary N) is 2. The van der Waals surface area contributed by atoms with Crippen LogP contribution in [0.2, 0.25) is 5.02 Å². The van der Waals surface area contributed by atoms with Gasteiger partial charge in [0.2, 0.25) is 0 Å². The second-order valence-corrected chi connectivity index (χ2v) is 8.42. The van der Waals surface area contributed by atoms with Gasteiger partial charge >= 0.3 is 0 Å². The van der Waals surface area contributed by atoms with Crippen molar-refractivity contribution in [1.82, 2.24) is 20.4 Å². The molecule has 8 heteroatoms. The maximum atomic E-state index is 6.27. The highest BCUT2D eigenvalue weighted by Gasteiger charge is 2.30. The number of halogens is 2. The summed E-state index contributed by atoms with van der Waals surface area (Å²) in [4.78, 5) is 9.83. The Hall–Kier alpha value is -0.610. The summed E-state index contributed by atoms with van der Waals surface area (Å²) in [6, 6.07) is 8.67. The summed E-state index contributed by atoms with van der Waals surface area (Å²) in [5.74, 6) is 1.40. The quantitative estimate of drug-likeness (QED) is 0.311. The number of guanidine groups is 1. The molecule has 1 aromatic rings. The van der Waals surface area contributed by atoms with E-state index in [1.807, 2.05) is 6.07 Å². The lowest BCUT2D eigenvalue weighted by atomic mass is 9.85. The van der Waals surface area contributed by atoms with E-state index in [9.17, 15) is 0 Å². The van der Waals surface area contributed by atoms with Crippen LogP contribution >= 0.6 is 35.6 Å². The zero-order chi connectivity index (χ0) is 20.5. The molecule has 1 aromatic carbocycles. The van der Waals surface area contributed by atoms with Crippen LogP contribution in [0.1, 0.15) is 31.4 Å². The molecule has 0 aliphatic carbocycles. The molecule has 0 amide bonds. The van der Waals surface area contributed by atoms with Crippen molar-refractivity contribution >= 4 is 41.5 Å². The van der Waals surface area contributed by atoms with Gasteiger partial charge in [-0.25, -0.2) is 0 Å². The third kappa shape index (κ3) is 7.82. The molecule has 2 unspecified atom stereocenters. The Morgan fingerprint density at radius 3 is 2.77 bits per heavy atom. The van der Waals surface area contributed by atoms with E-state index in [0.717, 1.165) is 70.0 Å². The van der Waals surface area contributed by atoms with E-state index >= 15 is 0 Å². The summed E-state index contributed by atoms with van der Waals surface area (Å²) in [7, 11) is 2.22. The lowest BCUT2D eigenvalue weighted by molar-refractivity contribution is 0.0389. The van der Waals surface area contributed by atoms with Crippen molar-refractivity contribution in [2.75, 3.05) is 66.1 Å². The molecule has 3 rings (SSSR count). The Balaban J connectivity index is 0.00000320. The Morgan fingerprint density at radius 1 is 1.23 bits per heavy atom. The number of nitrogens with zero attached hydrogens (tertiary/aromatic N) is 3. The molecule has 0 saturated carbocycles. The molecular formula is C22H37ClIN5O. The van der Waals surface area contributed by atoms with Gasteiger partial charge in [-0.1, -0.05) is 23.7 Å². The highest BCUT2D eigenvalue weighted by Crippen LogP contribution is 2.36. The number of piperidine rings is 1. The molecule has 2 heterocycles. The average molecular weight is 550 g/mol. The highest BCUT2D eigenvalue weighted by atomic mass is 127. The fourth-order valence-corrected chi connectivity index (χ4v) is 4.57. The topological polar surface area (TPSA) is 52.1 Å². The lowest BCUT2D eigenvalue weighted by Gasteiger charge is -2.39. The molecule has 2 N–H and O–H groups in total. The summed E-state index contributed by atoms with van der Waals surface area (Å²) in [5.41, 5.74) is 1.30. The molecule has 0 radical (unpaired) electrons. The van der Waals surface area contributed by atoms with E-state index in [0.29, 0.717) is 12.0 Å². The van der Waals surface area contributed by atoms with Gasteiger partial charge in [-0.3, -0.25) is 14.8 Å². The molecule has 30 heavy (non-hydrogen) atoms. The number of hydrogen-bond acceptors (Lipinski definition) is 4. The summed E-state index contributed by atoms with van der Waals surface area (Å²) in [5, 5.41) is 7.71. The number of ether oxygens (including phenoxy) is 1. The van der Waals surface area contributed by atoms with Crippen molar-refractivity contribution in [3.63, 3.8) is 0 Å². The van der Waals surface area contributed by atoms with Crippen LogP contribution < -0.4 is 10.6 Å². The Labute approximate surface area is 203 Å². The predicted octanol–water partition coefficient (Wildman–Crippen LogP) is 3.23. The molecule has 2 fully saturated rings. The summed E-state index contributed by atoms with van der Waals surface area (Å²) >= 11 is 6.27. The van der Waals surface area contributed by atoms with Crippen LogP contribution in [0.5, 0.6) is 0 Å². The van der Waals surface area contributed by atoms with Crippen LogP contribution in [-0.4, -0.2) is 81.8 Å². The molecule has 0 aromatic heterocycles. The summed E-state index contributed by atoms with van der Waals surface area (Å²) in [6.07, 6.45) is 2.41. The van der Waals surface area contributed by atoms with E-state index in [1.165, 1.54) is 18.4 Å². The zero-order valence-corrected chi connectivity index (χ0v) is 21.4. The molecule has 0 bridgehead atoms. The van der Waals surface area contributed by atoms with E-state index in [1.54, 1.807) is 0 Å². The summed E-state index contributed by atoms with van der Waals surface area (Å²) in [6.45, 7) is 10.6. The van der Waals surface area contributed by atoms with Crippen molar-refractivity contribution in [2.45, 2.75) is 25.8 Å². The minimum absolute atomic E-state index is 0. The van der Waals surface area contributed by atoms with Crippen LogP contribution in [-0.2, 0) is 4.74 Å². The Bertz CT molecular complexity index is 656. The van der Waals surface area contributed by atoms with Gasteiger partial charge in [-0.2, -0.15) is 0 Å². The van der Waals surface area contributed by atoms with Gasteiger partial charge in [-0.15, -0.1) is 24.0 Å². The monoisotopic (exact) mass is 549 g/mol. The average Bonchev–Trinajstić information content (AvgIpc) is 2.73. The van der Waals surface area contributed by atoms with Crippen molar-refractivity contribution in [3.05, 3.63) is 34.9 Å². The number of morpholine rings is 1. The van der Waals surface area contributed by atoms with Gasteiger partial charge < -0.3 is 15.4 Å². The molecule has 2 aliphatic rings. The first-order valence-electron chi connectivity index (χ1n) is 11.0. The molecular weight excluding hydrogens is 513 g/mol. The molecule has 6 nitrogen and oxygen atoms in total. The Morgan fingerprint density at radius 2 is 2.03 bits per heavy atom. The lowest BCUT2D eigenvalue weighted by Crippen LogP contribution is -2.45. The van der Waals surface area contributed by atoms with Gasteiger partial charge in [0, 0.05) is 50.3 Å². The molecule has 170 valence electrons. The summed E-state index contributed by atoms with van der Waals surface area (Å²) < 4.78 is 5.42. The van der Waals surface area contributed by atoms with Crippen molar-refractivity contribution in [1.29, 1.82) is 0 Å². The first-order valence-corrected chi connectivity index (χ1v) is 11.3. The molecule has 0 spiro atoms. The number of hydrogen-bond donors (Lipinski definition) is 2. The number of rotatable bonds is 7. The van der Waals surface area contributed by atoms with Crippen LogP contribution in [0.4, 0.5) is 0 Å². The van der Waals surface area contributed by atoms with Gasteiger partial charge in [0.1, 0.15) is 0 Å². The second-order valence-electron chi connectivity index (χ2n) is 7.98. The minimum atomic E-state index is 0. The van der Waals surface area contributed by atoms with Crippen LogP contribution in [0.15, 0.2) is 29.3 Å². The molecule has 2 aliphatic heterocycles. The van der Waals surface area contributed by atoms with Crippen molar-refractivity contribution in [3.8, 4) is 0 Å². The zero-order valence-electron chi connectivity index (χ0n) is 18.3. The van der Waals surface area contributed by atoms with E-state index < -0.39 is 0 Å². The van der Waals surface area contributed by atoms with E-state index in [-0.39, 0.29) is 24.0 Å². The number of likely N-dealkylation sites (tertiary alicyclic amines) is 1.